The number of carbonyl (C=O) groups excluding carboxylic acids is 2. The average molecular weight is 370 g/mol. The summed E-state index contributed by atoms with van der Waals surface area (Å²) in [4.78, 5) is 26.1. The summed E-state index contributed by atoms with van der Waals surface area (Å²) in [6.45, 7) is 2.42. The summed E-state index contributed by atoms with van der Waals surface area (Å²) in [6, 6.07) is 5.54. The highest BCUT2D eigenvalue weighted by Crippen LogP contribution is 2.48. The van der Waals surface area contributed by atoms with E-state index in [1.807, 2.05) is 0 Å². The van der Waals surface area contributed by atoms with Crippen LogP contribution in [0.4, 0.5) is 0 Å². The molecule has 2 atom stereocenters. The van der Waals surface area contributed by atoms with Gasteiger partial charge in [0.05, 0.1) is 17.8 Å². The second kappa shape index (κ2) is 5.63. The molecule has 1 aliphatic heterocycles. The van der Waals surface area contributed by atoms with Crippen LogP contribution in [0.25, 0.3) is 0 Å². The summed E-state index contributed by atoms with van der Waals surface area (Å²) in [5, 5.41) is 40.9. The predicted molar refractivity (Wildman–Crippen MR) is 93.0 cm³/mol. The van der Waals surface area contributed by atoms with Gasteiger partial charge in [-0.15, -0.1) is 0 Å². The number of ether oxygens (including phenoxy) is 1. The third kappa shape index (κ3) is 2.32. The van der Waals surface area contributed by atoms with Gasteiger partial charge >= 0.3 is 0 Å². The second-order valence-corrected chi connectivity index (χ2v) is 7.35. The van der Waals surface area contributed by atoms with Crippen LogP contribution >= 0.6 is 0 Å². The molecule has 2 aliphatic rings. The minimum absolute atomic E-state index is 0.0177. The van der Waals surface area contributed by atoms with E-state index in [0.717, 1.165) is 0 Å². The molecule has 0 saturated heterocycles. The molecule has 1 heterocycles. The number of fused-ring (bicyclic) bond motifs is 4. The number of phenols is 1. The zero-order valence-electron chi connectivity index (χ0n) is 14.7. The number of aliphatic hydroxyl groups is 3. The third-order valence-corrected chi connectivity index (χ3v) is 5.07. The fourth-order valence-corrected chi connectivity index (χ4v) is 3.82. The fraction of sp³-hybridized carbons (Fsp3) is 0.300. The van der Waals surface area contributed by atoms with Gasteiger partial charge in [0.25, 0.3) is 0 Å². The zero-order chi connectivity index (χ0) is 19.7. The van der Waals surface area contributed by atoms with E-state index < -0.39 is 36.0 Å². The minimum atomic E-state index is -1.43. The van der Waals surface area contributed by atoms with E-state index in [1.54, 1.807) is 0 Å². The number of rotatable bonds is 2. The van der Waals surface area contributed by atoms with Gasteiger partial charge in [-0.3, -0.25) is 9.59 Å². The van der Waals surface area contributed by atoms with Crippen molar-refractivity contribution in [1.29, 1.82) is 0 Å². The van der Waals surface area contributed by atoms with Gasteiger partial charge in [0.1, 0.15) is 17.6 Å². The first kappa shape index (κ1) is 17.7. The summed E-state index contributed by atoms with van der Waals surface area (Å²) < 4.78 is 5.69. The Morgan fingerprint density at radius 3 is 2.41 bits per heavy atom. The summed E-state index contributed by atoms with van der Waals surface area (Å²) in [7, 11) is 0. The number of hydrogen-bond acceptors (Lipinski definition) is 7. The van der Waals surface area contributed by atoms with Gasteiger partial charge in [-0.2, -0.15) is 0 Å². The number of aromatic hydroxyl groups is 1. The Kier molecular flexibility index (Phi) is 3.68. The number of hydrogen-bond donors (Lipinski definition) is 4. The van der Waals surface area contributed by atoms with Gasteiger partial charge in [0, 0.05) is 27.8 Å². The van der Waals surface area contributed by atoms with Crippen molar-refractivity contribution in [2.75, 3.05) is 0 Å². The molecule has 4 rings (SSSR count). The number of phenolic OH excluding ortho intramolecular Hbond substituents is 1. The normalized spacial score (nSPS) is 20.8. The summed E-state index contributed by atoms with van der Waals surface area (Å²) in [5.41, 5.74) is -1.25. The number of ketones is 2. The van der Waals surface area contributed by atoms with E-state index in [2.05, 4.69) is 0 Å². The highest BCUT2D eigenvalue weighted by atomic mass is 16.5. The predicted octanol–water partition coefficient (Wildman–Crippen LogP) is 1.23. The molecule has 7 heteroatoms. The third-order valence-electron chi connectivity index (χ3n) is 5.07. The van der Waals surface area contributed by atoms with Crippen LogP contribution in [-0.4, -0.2) is 43.7 Å². The van der Waals surface area contributed by atoms with E-state index in [4.69, 9.17) is 4.74 Å². The smallest absolute Gasteiger partial charge is 0.198 e. The molecule has 0 amide bonds. The Morgan fingerprint density at radius 2 is 1.78 bits per heavy atom. The maximum absolute atomic E-state index is 13.1. The molecule has 140 valence electrons. The molecular weight excluding hydrogens is 352 g/mol. The highest BCUT2D eigenvalue weighted by Gasteiger charge is 2.48. The number of carbonyl (C=O) groups is 2. The van der Waals surface area contributed by atoms with Crippen LogP contribution < -0.4 is 4.74 Å². The van der Waals surface area contributed by atoms with Crippen LogP contribution in [0.1, 0.15) is 62.9 Å². The molecule has 0 radical (unpaired) electrons. The minimum Gasteiger partial charge on any atom is -0.507 e. The number of benzene rings is 2. The summed E-state index contributed by atoms with van der Waals surface area (Å²) in [6.07, 6.45) is -2.44. The molecule has 7 nitrogen and oxygen atoms in total. The Hall–Kier alpha value is -2.74. The van der Waals surface area contributed by atoms with Crippen molar-refractivity contribution in [3.8, 4) is 11.5 Å². The van der Waals surface area contributed by atoms with Crippen molar-refractivity contribution in [3.63, 3.8) is 0 Å². The molecule has 0 bridgehead atoms. The van der Waals surface area contributed by atoms with E-state index in [-0.39, 0.29) is 44.9 Å². The van der Waals surface area contributed by atoms with Crippen LogP contribution in [0.15, 0.2) is 24.3 Å². The standard InChI is InChI=1S/C20H18O7/c1-20(2,26)19-17(25)14-13-10(6-8(7-21)18(14)27-19)16(24)12-9(15(13)23)4-3-5-11(12)22/h3-6,17,19,21-22,25-26H,7H2,1-2H3/t17-,19+/m0/s1. The Labute approximate surface area is 154 Å². The maximum atomic E-state index is 13.1. The molecular formula is C20H18O7. The summed E-state index contributed by atoms with van der Waals surface area (Å²) in [5.74, 6) is -1.32. The first-order valence-corrected chi connectivity index (χ1v) is 8.46. The lowest BCUT2D eigenvalue weighted by molar-refractivity contribution is -0.0766. The quantitative estimate of drug-likeness (QED) is 0.535. The van der Waals surface area contributed by atoms with Crippen molar-refractivity contribution in [2.45, 2.75) is 38.3 Å². The molecule has 2 aromatic carbocycles. The Bertz CT molecular complexity index is 1000. The lowest BCUT2D eigenvalue weighted by atomic mass is 9.78. The molecule has 0 saturated carbocycles. The van der Waals surface area contributed by atoms with E-state index in [0.29, 0.717) is 0 Å². The van der Waals surface area contributed by atoms with Crippen LogP contribution in [0.2, 0.25) is 0 Å². The van der Waals surface area contributed by atoms with Crippen molar-refractivity contribution < 1.29 is 34.8 Å². The molecule has 1 aliphatic carbocycles. The molecule has 0 fully saturated rings. The van der Waals surface area contributed by atoms with Gasteiger partial charge in [-0.05, 0) is 26.0 Å². The van der Waals surface area contributed by atoms with Gasteiger partial charge in [-0.25, -0.2) is 0 Å². The first-order valence-electron chi connectivity index (χ1n) is 8.46. The Balaban J connectivity index is 2.02. The average Bonchev–Trinajstić information content (AvgIpc) is 2.96. The van der Waals surface area contributed by atoms with E-state index in [1.165, 1.54) is 38.1 Å². The molecule has 27 heavy (non-hydrogen) atoms. The lowest BCUT2D eigenvalue weighted by Crippen LogP contribution is -2.41. The molecule has 2 aromatic rings. The molecule has 0 unspecified atom stereocenters. The number of aliphatic hydroxyl groups excluding tert-OH is 2. The largest absolute Gasteiger partial charge is 0.507 e. The van der Waals surface area contributed by atoms with E-state index >= 15 is 0 Å². The van der Waals surface area contributed by atoms with Gasteiger partial charge < -0.3 is 25.2 Å². The fourth-order valence-electron chi connectivity index (χ4n) is 3.82. The van der Waals surface area contributed by atoms with Crippen molar-refractivity contribution in [3.05, 3.63) is 57.6 Å². The van der Waals surface area contributed by atoms with Gasteiger partial charge in [-0.1, -0.05) is 12.1 Å². The summed E-state index contributed by atoms with van der Waals surface area (Å²) >= 11 is 0. The topological polar surface area (TPSA) is 124 Å². The van der Waals surface area contributed by atoms with Crippen molar-refractivity contribution >= 4 is 11.6 Å². The highest BCUT2D eigenvalue weighted by molar-refractivity contribution is 6.30. The zero-order valence-corrected chi connectivity index (χ0v) is 14.7. The van der Waals surface area contributed by atoms with Crippen molar-refractivity contribution in [2.24, 2.45) is 0 Å². The van der Waals surface area contributed by atoms with E-state index in [9.17, 15) is 30.0 Å². The molecule has 0 aromatic heterocycles. The monoisotopic (exact) mass is 370 g/mol. The van der Waals surface area contributed by atoms with Crippen LogP contribution in [-0.2, 0) is 6.61 Å². The SMILES string of the molecule is CC(C)(O)[C@@H]1Oc2c(CO)cc3c(c2[C@@H]1O)C(=O)c1cccc(O)c1C3=O. The van der Waals surface area contributed by atoms with Gasteiger partial charge in [0.15, 0.2) is 17.7 Å². The van der Waals surface area contributed by atoms with Crippen LogP contribution in [0.3, 0.4) is 0 Å². The Morgan fingerprint density at radius 1 is 1.11 bits per heavy atom. The van der Waals surface area contributed by atoms with Crippen LogP contribution in [0.5, 0.6) is 11.5 Å². The lowest BCUT2D eigenvalue weighted by Gasteiger charge is -2.27. The van der Waals surface area contributed by atoms with Crippen LogP contribution in [0, 0.1) is 0 Å². The van der Waals surface area contributed by atoms with Crippen molar-refractivity contribution in [1.82, 2.24) is 0 Å². The maximum Gasteiger partial charge on any atom is 0.198 e. The van der Waals surface area contributed by atoms with Gasteiger partial charge in [0.2, 0.25) is 0 Å². The molecule has 4 N–H and O–H groups in total. The first-order chi connectivity index (χ1) is 12.7. The second-order valence-electron chi connectivity index (χ2n) is 7.35. The molecule has 0 spiro atoms.